The summed E-state index contributed by atoms with van der Waals surface area (Å²) >= 11 is 0. The van der Waals surface area contributed by atoms with Gasteiger partial charge in [-0.15, -0.1) is 0 Å². The summed E-state index contributed by atoms with van der Waals surface area (Å²) in [5, 5.41) is 3.37. The quantitative estimate of drug-likeness (QED) is 0.294. The second kappa shape index (κ2) is 6.86. The van der Waals surface area contributed by atoms with Crippen LogP contribution in [0.4, 0.5) is 0 Å². The Kier molecular flexibility index (Phi) is 4.36. The van der Waals surface area contributed by atoms with E-state index in [1.807, 2.05) is 72.8 Å². The summed E-state index contributed by atoms with van der Waals surface area (Å²) in [5.41, 5.74) is -0.651. The van der Waals surface area contributed by atoms with Crippen molar-refractivity contribution in [2.75, 3.05) is 0 Å². The molecule has 0 spiro atoms. The minimum Gasteiger partial charge on any atom is -0.301 e. The summed E-state index contributed by atoms with van der Waals surface area (Å²) in [4.78, 5) is 38.3. The van der Waals surface area contributed by atoms with E-state index in [0.717, 1.165) is 21.5 Å². The minimum atomic E-state index is -1.70. The Morgan fingerprint density at radius 3 is 1.54 bits per heavy atom. The van der Waals surface area contributed by atoms with E-state index in [-0.39, 0.29) is 0 Å². The largest absolute Gasteiger partial charge is 0.301 e. The number of aldehydes is 1. The van der Waals surface area contributed by atoms with Gasteiger partial charge in [0.1, 0.15) is 11.7 Å². The van der Waals surface area contributed by atoms with Crippen LogP contribution in [-0.2, 0) is 19.8 Å². The average Bonchev–Trinajstić information content (AvgIpc) is 2.74. The Hall–Kier alpha value is -3.59. The maximum absolute atomic E-state index is 13.3. The number of Topliss-reactive ketones (excluding diaryl/α,β-unsaturated/α-hetero) is 2. The standard InChI is InChI=1S/C25H18O3/c1-17(27)24(28)25(16-26,22-14-6-10-18-8-2-4-12-20(18)22)23-15-7-11-19-9-3-5-13-21(19)23/h2-16H,1H3. The van der Waals surface area contributed by atoms with Crippen LogP contribution in [0.5, 0.6) is 0 Å². The fourth-order valence-corrected chi connectivity index (χ4v) is 3.99. The molecule has 0 atom stereocenters. The lowest BCUT2D eigenvalue weighted by Gasteiger charge is -2.29. The number of rotatable bonds is 5. The molecule has 0 bridgehead atoms. The van der Waals surface area contributed by atoms with E-state index in [1.54, 1.807) is 12.1 Å². The van der Waals surface area contributed by atoms with Gasteiger partial charge in [-0.3, -0.25) is 9.59 Å². The third kappa shape index (κ3) is 2.55. The smallest absolute Gasteiger partial charge is 0.220 e. The Bertz CT molecular complexity index is 1150. The normalized spacial score (nSPS) is 11.5. The molecule has 4 aromatic carbocycles. The van der Waals surface area contributed by atoms with Crippen LogP contribution in [0.25, 0.3) is 21.5 Å². The Morgan fingerprint density at radius 1 is 0.679 bits per heavy atom. The van der Waals surface area contributed by atoms with Crippen LogP contribution in [0.15, 0.2) is 84.9 Å². The molecule has 0 radical (unpaired) electrons. The Labute approximate surface area is 162 Å². The van der Waals surface area contributed by atoms with E-state index in [4.69, 9.17) is 0 Å². The maximum atomic E-state index is 13.3. The van der Waals surface area contributed by atoms with Gasteiger partial charge in [0.2, 0.25) is 5.78 Å². The molecular formula is C25H18O3. The minimum absolute atomic E-state index is 0.525. The lowest BCUT2D eigenvalue weighted by molar-refractivity contribution is -0.139. The van der Waals surface area contributed by atoms with E-state index in [9.17, 15) is 14.4 Å². The van der Waals surface area contributed by atoms with Gasteiger partial charge >= 0.3 is 0 Å². The van der Waals surface area contributed by atoms with Gasteiger partial charge in [0.25, 0.3) is 0 Å². The topological polar surface area (TPSA) is 51.2 Å². The van der Waals surface area contributed by atoms with E-state index < -0.39 is 17.0 Å². The monoisotopic (exact) mass is 366 g/mol. The predicted octanol–water partition coefficient (Wildman–Crippen LogP) is 4.64. The fraction of sp³-hybridized carbons (Fsp3) is 0.0800. The van der Waals surface area contributed by atoms with Crippen LogP contribution in [0.3, 0.4) is 0 Å². The molecule has 4 rings (SSSR count). The summed E-state index contributed by atoms with van der Waals surface area (Å²) in [5.74, 6) is -1.37. The third-order valence-electron chi connectivity index (χ3n) is 5.28. The average molecular weight is 366 g/mol. The lowest BCUT2D eigenvalue weighted by Crippen LogP contribution is -2.42. The van der Waals surface area contributed by atoms with Gasteiger partial charge in [-0.05, 0) is 32.7 Å². The van der Waals surface area contributed by atoms with Gasteiger partial charge in [0.15, 0.2) is 5.78 Å². The number of hydrogen-bond acceptors (Lipinski definition) is 3. The number of fused-ring (bicyclic) bond motifs is 2. The molecule has 0 aliphatic heterocycles. The zero-order valence-electron chi connectivity index (χ0n) is 15.4. The van der Waals surface area contributed by atoms with Crippen molar-refractivity contribution in [1.82, 2.24) is 0 Å². The van der Waals surface area contributed by atoms with Crippen molar-refractivity contribution >= 4 is 39.4 Å². The van der Waals surface area contributed by atoms with Crippen LogP contribution in [-0.4, -0.2) is 17.9 Å². The van der Waals surface area contributed by atoms with Gasteiger partial charge < -0.3 is 4.79 Å². The Morgan fingerprint density at radius 2 is 1.11 bits per heavy atom. The summed E-state index contributed by atoms with van der Waals surface area (Å²) in [6.45, 7) is 1.22. The van der Waals surface area contributed by atoms with Crippen molar-refractivity contribution in [3.8, 4) is 0 Å². The van der Waals surface area contributed by atoms with Gasteiger partial charge in [-0.2, -0.15) is 0 Å². The van der Waals surface area contributed by atoms with Crippen LogP contribution < -0.4 is 0 Å². The second-order valence-electron chi connectivity index (χ2n) is 6.86. The molecule has 0 saturated heterocycles. The first kappa shape index (κ1) is 17.8. The van der Waals surface area contributed by atoms with Gasteiger partial charge in [0, 0.05) is 6.92 Å². The molecular weight excluding hydrogens is 348 g/mol. The molecule has 0 aliphatic carbocycles. The van der Waals surface area contributed by atoms with Crippen LogP contribution in [0.2, 0.25) is 0 Å². The molecule has 0 saturated carbocycles. The van der Waals surface area contributed by atoms with Crippen LogP contribution >= 0.6 is 0 Å². The van der Waals surface area contributed by atoms with Crippen molar-refractivity contribution in [3.05, 3.63) is 96.1 Å². The number of carbonyl (C=O) groups excluding carboxylic acids is 3. The summed E-state index contributed by atoms with van der Waals surface area (Å²) in [6.07, 6.45) is 0.625. The maximum Gasteiger partial charge on any atom is 0.220 e. The highest BCUT2D eigenvalue weighted by atomic mass is 16.2. The molecule has 0 aliphatic rings. The molecule has 0 N–H and O–H groups in total. The molecule has 3 heteroatoms. The van der Waals surface area contributed by atoms with Crippen molar-refractivity contribution in [1.29, 1.82) is 0 Å². The zero-order valence-corrected chi connectivity index (χ0v) is 15.4. The molecule has 136 valence electrons. The lowest BCUT2D eigenvalue weighted by atomic mass is 9.68. The van der Waals surface area contributed by atoms with Gasteiger partial charge in [0.05, 0.1) is 0 Å². The zero-order chi connectivity index (χ0) is 19.7. The van der Waals surface area contributed by atoms with Crippen molar-refractivity contribution < 1.29 is 14.4 Å². The van der Waals surface area contributed by atoms with E-state index >= 15 is 0 Å². The summed E-state index contributed by atoms with van der Waals surface area (Å²) in [7, 11) is 0. The third-order valence-corrected chi connectivity index (χ3v) is 5.28. The fourth-order valence-electron chi connectivity index (χ4n) is 3.99. The van der Waals surface area contributed by atoms with Gasteiger partial charge in [-0.25, -0.2) is 0 Å². The SMILES string of the molecule is CC(=O)C(=O)C(C=O)(c1cccc2ccccc12)c1cccc2ccccc12. The molecule has 3 nitrogen and oxygen atoms in total. The van der Waals surface area contributed by atoms with E-state index in [2.05, 4.69) is 0 Å². The second-order valence-corrected chi connectivity index (χ2v) is 6.86. The molecule has 0 heterocycles. The summed E-state index contributed by atoms with van der Waals surface area (Å²) < 4.78 is 0. The number of ketones is 2. The number of benzene rings is 4. The predicted molar refractivity (Wildman–Crippen MR) is 110 cm³/mol. The molecule has 28 heavy (non-hydrogen) atoms. The highest BCUT2D eigenvalue weighted by molar-refractivity contribution is 6.45. The van der Waals surface area contributed by atoms with E-state index in [1.165, 1.54) is 6.92 Å². The van der Waals surface area contributed by atoms with Crippen LogP contribution in [0.1, 0.15) is 18.1 Å². The highest BCUT2D eigenvalue weighted by Gasteiger charge is 2.45. The van der Waals surface area contributed by atoms with Crippen LogP contribution in [0, 0.1) is 0 Å². The molecule has 0 aromatic heterocycles. The first-order valence-corrected chi connectivity index (χ1v) is 9.08. The number of carbonyl (C=O) groups is 3. The van der Waals surface area contributed by atoms with Gasteiger partial charge in [-0.1, -0.05) is 84.9 Å². The summed E-state index contributed by atoms with van der Waals surface area (Å²) in [6, 6.07) is 26.1. The molecule has 0 unspecified atom stereocenters. The Balaban J connectivity index is 2.19. The highest BCUT2D eigenvalue weighted by Crippen LogP contribution is 2.39. The first-order valence-electron chi connectivity index (χ1n) is 9.08. The molecule has 0 amide bonds. The molecule has 4 aromatic rings. The van der Waals surface area contributed by atoms with E-state index in [0.29, 0.717) is 17.4 Å². The molecule has 0 fully saturated rings. The van der Waals surface area contributed by atoms with Crippen molar-refractivity contribution in [3.63, 3.8) is 0 Å². The van der Waals surface area contributed by atoms with Crippen molar-refractivity contribution in [2.45, 2.75) is 12.3 Å². The first-order chi connectivity index (χ1) is 13.6. The van der Waals surface area contributed by atoms with Crippen molar-refractivity contribution in [2.24, 2.45) is 0 Å². The number of hydrogen-bond donors (Lipinski definition) is 0.